The van der Waals surface area contributed by atoms with Crippen molar-refractivity contribution in [1.82, 2.24) is 4.98 Å². The van der Waals surface area contributed by atoms with E-state index in [2.05, 4.69) is 17.2 Å². The Labute approximate surface area is 107 Å². The number of pyridine rings is 1. The quantitative estimate of drug-likeness (QED) is 0.846. The predicted octanol–water partition coefficient (Wildman–Crippen LogP) is 3.20. The number of rotatable bonds is 5. The van der Waals surface area contributed by atoms with Gasteiger partial charge in [0, 0.05) is 11.9 Å². The Kier molecular flexibility index (Phi) is 4.02. The van der Waals surface area contributed by atoms with Gasteiger partial charge in [-0.2, -0.15) is 0 Å². The van der Waals surface area contributed by atoms with E-state index in [0.29, 0.717) is 5.82 Å². The lowest BCUT2D eigenvalue weighted by Crippen LogP contribution is -1.98. The fraction of sp³-hybridized carbons (Fsp3) is 0.214. The molecule has 4 nitrogen and oxygen atoms in total. The highest BCUT2D eigenvalue weighted by Gasteiger charge is 2.00. The Morgan fingerprint density at radius 2 is 2.00 bits per heavy atom. The van der Waals surface area contributed by atoms with Crippen LogP contribution in [0.25, 0.3) is 0 Å². The molecule has 0 aliphatic rings. The van der Waals surface area contributed by atoms with Crippen LogP contribution in [0.1, 0.15) is 13.3 Å². The Hall–Kier alpha value is -2.23. The molecule has 0 bridgehead atoms. The number of aromatic nitrogens is 1. The normalized spacial score (nSPS) is 10.1. The molecule has 0 aliphatic carbocycles. The van der Waals surface area contributed by atoms with Crippen molar-refractivity contribution in [1.29, 1.82) is 0 Å². The van der Waals surface area contributed by atoms with Crippen molar-refractivity contribution in [2.75, 3.05) is 17.7 Å². The zero-order chi connectivity index (χ0) is 12.8. The van der Waals surface area contributed by atoms with Gasteiger partial charge in [-0.05, 0) is 42.8 Å². The zero-order valence-electron chi connectivity index (χ0n) is 10.4. The average molecular weight is 243 g/mol. The standard InChI is InChI=1S/C14H17N3O/c1-2-10-18-12-7-5-11(6-8-12)17-13-4-3-9-16-14(13)15/h3-9,17H,2,10H2,1H3,(H2,15,16). The molecule has 0 unspecified atom stereocenters. The summed E-state index contributed by atoms with van der Waals surface area (Å²) in [6.45, 7) is 2.82. The van der Waals surface area contributed by atoms with Crippen LogP contribution in [-0.2, 0) is 0 Å². The van der Waals surface area contributed by atoms with Gasteiger partial charge in [0.2, 0.25) is 0 Å². The van der Waals surface area contributed by atoms with Crippen molar-refractivity contribution in [2.45, 2.75) is 13.3 Å². The molecule has 0 spiro atoms. The van der Waals surface area contributed by atoms with Gasteiger partial charge < -0.3 is 15.8 Å². The van der Waals surface area contributed by atoms with Crippen LogP contribution in [0.15, 0.2) is 42.6 Å². The maximum Gasteiger partial charge on any atom is 0.147 e. The molecular formula is C14H17N3O. The Balaban J connectivity index is 2.04. The van der Waals surface area contributed by atoms with E-state index in [1.54, 1.807) is 6.20 Å². The largest absolute Gasteiger partial charge is 0.494 e. The van der Waals surface area contributed by atoms with Gasteiger partial charge in [-0.15, -0.1) is 0 Å². The van der Waals surface area contributed by atoms with E-state index in [4.69, 9.17) is 10.5 Å². The fourth-order valence-electron chi connectivity index (χ4n) is 1.53. The van der Waals surface area contributed by atoms with Crippen LogP contribution in [0.5, 0.6) is 5.75 Å². The molecule has 0 amide bonds. The first-order chi connectivity index (χ1) is 8.79. The fourth-order valence-corrected chi connectivity index (χ4v) is 1.53. The lowest BCUT2D eigenvalue weighted by atomic mass is 10.3. The molecule has 1 aromatic heterocycles. The van der Waals surface area contributed by atoms with Gasteiger partial charge in [-0.1, -0.05) is 6.92 Å². The molecule has 18 heavy (non-hydrogen) atoms. The first kappa shape index (κ1) is 12.2. The lowest BCUT2D eigenvalue weighted by molar-refractivity contribution is 0.317. The highest BCUT2D eigenvalue weighted by molar-refractivity contribution is 5.69. The monoisotopic (exact) mass is 243 g/mol. The third-order valence-electron chi connectivity index (χ3n) is 2.44. The molecule has 0 saturated heterocycles. The molecule has 2 rings (SSSR count). The van der Waals surface area contributed by atoms with E-state index in [1.165, 1.54) is 0 Å². The summed E-state index contributed by atoms with van der Waals surface area (Å²) in [6, 6.07) is 11.5. The minimum Gasteiger partial charge on any atom is -0.494 e. The molecule has 3 N–H and O–H groups in total. The van der Waals surface area contributed by atoms with Crippen molar-refractivity contribution in [3.8, 4) is 5.75 Å². The van der Waals surface area contributed by atoms with Crippen LogP contribution in [0, 0.1) is 0 Å². The summed E-state index contributed by atoms with van der Waals surface area (Å²) in [5, 5.41) is 3.21. The van der Waals surface area contributed by atoms with Crippen molar-refractivity contribution < 1.29 is 4.74 Å². The van der Waals surface area contributed by atoms with Crippen molar-refractivity contribution in [3.05, 3.63) is 42.6 Å². The summed E-state index contributed by atoms with van der Waals surface area (Å²) in [5.74, 6) is 1.37. The predicted molar refractivity (Wildman–Crippen MR) is 74.2 cm³/mol. The molecule has 94 valence electrons. The van der Waals surface area contributed by atoms with Gasteiger partial charge in [-0.3, -0.25) is 0 Å². The molecule has 0 atom stereocenters. The number of nitrogens with two attached hydrogens (primary N) is 1. The summed E-state index contributed by atoms with van der Waals surface area (Å²) >= 11 is 0. The second-order valence-corrected chi connectivity index (χ2v) is 3.93. The maximum absolute atomic E-state index is 5.77. The summed E-state index contributed by atoms with van der Waals surface area (Å²) in [4.78, 5) is 4.02. The van der Waals surface area contributed by atoms with Crippen molar-refractivity contribution in [2.24, 2.45) is 0 Å². The van der Waals surface area contributed by atoms with Crippen LogP contribution in [0.4, 0.5) is 17.2 Å². The number of benzene rings is 1. The van der Waals surface area contributed by atoms with Gasteiger partial charge in [-0.25, -0.2) is 4.98 Å². The molecule has 1 heterocycles. The van der Waals surface area contributed by atoms with Crippen molar-refractivity contribution >= 4 is 17.2 Å². The van der Waals surface area contributed by atoms with E-state index in [-0.39, 0.29) is 0 Å². The molecule has 0 saturated carbocycles. The number of nitrogen functional groups attached to an aromatic ring is 1. The Morgan fingerprint density at radius 3 is 2.67 bits per heavy atom. The van der Waals surface area contributed by atoms with Gasteiger partial charge in [0.1, 0.15) is 11.6 Å². The average Bonchev–Trinajstić information content (AvgIpc) is 2.41. The third-order valence-corrected chi connectivity index (χ3v) is 2.44. The van der Waals surface area contributed by atoms with Crippen LogP contribution in [0.2, 0.25) is 0 Å². The van der Waals surface area contributed by atoms with E-state index in [0.717, 1.165) is 30.2 Å². The molecule has 1 aromatic carbocycles. The second-order valence-electron chi connectivity index (χ2n) is 3.93. The van der Waals surface area contributed by atoms with Crippen LogP contribution < -0.4 is 15.8 Å². The SMILES string of the molecule is CCCOc1ccc(Nc2cccnc2N)cc1. The molecule has 0 aliphatic heterocycles. The molecule has 4 heteroatoms. The van der Waals surface area contributed by atoms with E-state index < -0.39 is 0 Å². The lowest BCUT2D eigenvalue weighted by Gasteiger charge is -2.09. The van der Waals surface area contributed by atoms with E-state index >= 15 is 0 Å². The zero-order valence-corrected chi connectivity index (χ0v) is 10.4. The first-order valence-corrected chi connectivity index (χ1v) is 6.00. The molecule has 0 radical (unpaired) electrons. The molecule has 0 fully saturated rings. The first-order valence-electron chi connectivity index (χ1n) is 6.00. The highest BCUT2D eigenvalue weighted by Crippen LogP contribution is 2.22. The number of anilines is 3. The maximum atomic E-state index is 5.77. The van der Waals surface area contributed by atoms with Crippen LogP contribution in [-0.4, -0.2) is 11.6 Å². The summed E-state index contributed by atoms with van der Waals surface area (Å²) in [5.41, 5.74) is 7.53. The van der Waals surface area contributed by atoms with E-state index in [1.807, 2.05) is 36.4 Å². The number of nitrogens with one attached hydrogen (secondary N) is 1. The van der Waals surface area contributed by atoms with E-state index in [9.17, 15) is 0 Å². The minimum atomic E-state index is 0.490. The highest BCUT2D eigenvalue weighted by atomic mass is 16.5. The third kappa shape index (κ3) is 3.13. The Bertz CT molecular complexity index is 497. The number of hydrogen-bond donors (Lipinski definition) is 2. The van der Waals surface area contributed by atoms with Gasteiger partial charge in [0.05, 0.1) is 12.3 Å². The van der Waals surface area contributed by atoms with Crippen LogP contribution >= 0.6 is 0 Å². The summed E-state index contributed by atoms with van der Waals surface area (Å²) < 4.78 is 5.52. The van der Waals surface area contributed by atoms with Gasteiger partial charge in [0.25, 0.3) is 0 Å². The topological polar surface area (TPSA) is 60.2 Å². The van der Waals surface area contributed by atoms with Crippen molar-refractivity contribution in [3.63, 3.8) is 0 Å². The number of hydrogen-bond acceptors (Lipinski definition) is 4. The summed E-state index contributed by atoms with van der Waals surface area (Å²) in [6.07, 6.45) is 2.68. The van der Waals surface area contributed by atoms with Gasteiger partial charge in [0.15, 0.2) is 0 Å². The number of nitrogens with zero attached hydrogens (tertiary/aromatic N) is 1. The summed E-state index contributed by atoms with van der Waals surface area (Å²) in [7, 11) is 0. The smallest absolute Gasteiger partial charge is 0.147 e. The van der Waals surface area contributed by atoms with Crippen LogP contribution in [0.3, 0.4) is 0 Å². The molecule has 2 aromatic rings. The number of ether oxygens (including phenoxy) is 1. The Morgan fingerprint density at radius 1 is 1.22 bits per heavy atom. The molecular weight excluding hydrogens is 226 g/mol. The van der Waals surface area contributed by atoms with Gasteiger partial charge >= 0.3 is 0 Å². The minimum absolute atomic E-state index is 0.490. The second kappa shape index (κ2) is 5.91.